The normalized spacial score (nSPS) is 18.7. The zero-order chi connectivity index (χ0) is 21.9. The first kappa shape index (κ1) is 21.8. The van der Waals surface area contributed by atoms with Gasteiger partial charge in [-0.25, -0.2) is 8.42 Å². The van der Waals surface area contributed by atoms with E-state index in [1.807, 2.05) is 0 Å². The molecule has 2 N–H and O–H groups in total. The number of carbonyl (C=O) groups excluding carboxylic acids is 1. The fraction of sp³-hybridized carbons (Fsp3) is 0.333. The molecule has 2 heterocycles. The van der Waals surface area contributed by atoms with Crippen molar-refractivity contribution in [1.82, 2.24) is 10.2 Å². The van der Waals surface area contributed by atoms with E-state index in [-0.39, 0.29) is 42.6 Å². The van der Waals surface area contributed by atoms with Crippen LogP contribution in [0.15, 0.2) is 52.6 Å². The molecule has 2 aliphatic rings. The zero-order valence-electron chi connectivity index (χ0n) is 15.5. The first-order valence-corrected chi connectivity index (χ1v) is 10.4. The summed E-state index contributed by atoms with van der Waals surface area (Å²) < 4.78 is 69.8. The molecule has 30 heavy (non-hydrogen) atoms. The summed E-state index contributed by atoms with van der Waals surface area (Å²) >= 11 is 0. The number of carbonyl (C=O) groups is 1. The van der Waals surface area contributed by atoms with E-state index < -0.39 is 33.8 Å². The van der Waals surface area contributed by atoms with E-state index >= 15 is 0 Å². The third-order valence-electron chi connectivity index (χ3n) is 4.19. The maximum absolute atomic E-state index is 12.7. The monoisotopic (exact) mass is 445 g/mol. The largest absolute Gasteiger partial charge is 0.491 e. The van der Waals surface area contributed by atoms with Crippen molar-refractivity contribution in [2.24, 2.45) is 4.40 Å². The van der Waals surface area contributed by atoms with Crippen LogP contribution in [0.1, 0.15) is 5.56 Å². The number of nitrogens with one attached hydrogen (secondary N) is 1. The van der Waals surface area contributed by atoms with Gasteiger partial charge in [0.2, 0.25) is 0 Å². The van der Waals surface area contributed by atoms with Crippen LogP contribution in [-0.2, 0) is 21.0 Å². The number of hydrogen-bond donors (Lipinski definition) is 2. The summed E-state index contributed by atoms with van der Waals surface area (Å²) in [4.78, 5) is 13.8. The molecule has 0 fully saturated rings. The summed E-state index contributed by atoms with van der Waals surface area (Å²) in [6.45, 7) is -0.356. The van der Waals surface area contributed by atoms with Crippen LogP contribution >= 0.6 is 0 Å². The lowest BCUT2D eigenvalue weighted by molar-refractivity contribution is -0.137. The molecule has 1 amide bonds. The zero-order valence-corrected chi connectivity index (χ0v) is 16.3. The Labute approximate surface area is 170 Å². The van der Waals surface area contributed by atoms with Crippen LogP contribution in [0.5, 0.6) is 5.75 Å². The number of alkyl halides is 3. The Morgan fingerprint density at radius 1 is 1.33 bits per heavy atom. The van der Waals surface area contributed by atoms with E-state index in [4.69, 9.17) is 4.74 Å². The summed E-state index contributed by atoms with van der Waals surface area (Å²) in [6.07, 6.45) is -1.41. The molecule has 1 aromatic rings. The molecule has 0 aromatic heterocycles. The minimum absolute atomic E-state index is 0.0556. The number of amides is 1. The number of benzene rings is 1. The van der Waals surface area contributed by atoms with Crippen LogP contribution in [0, 0.1) is 0 Å². The van der Waals surface area contributed by atoms with Crippen molar-refractivity contribution in [1.29, 1.82) is 0 Å². The Bertz CT molecular complexity index is 1020. The molecule has 0 aliphatic carbocycles. The summed E-state index contributed by atoms with van der Waals surface area (Å²) in [5.41, 5.74) is -0.633. The van der Waals surface area contributed by atoms with Crippen molar-refractivity contribution >= 4 is 21.8 Å². The molecule has 0 saturated carbocycles. The molecular weight excluding hydrogens is 427 g/mol. The number of sulfonamides is 1. The lowest BCUT2D eigenvalue weighted by Gasteiger charge is -2.27. The highest BCUT2D eigenvalue weighted by Crippen LogP contribution is 2.31. The van der Waals surface area contributed by atoms with Crippen molar-refractivity contribution in [3.05, 3.63) is 53.8 Å². The van der Waals surface area contributed by atoms with Crippen molar-refractivity contribution < 1.29 is 36.2 Å². The number of rotatable bonds is 6. The van der Waals surface area contributed by atoms with Gasteiger partial charge < -0.3 is 20.1 Å². The molecule has 0 radical (unpaired) electrons. The molecule has 2 aliphatic heterocycles. The Morgan fingerprint density at radius 2 is 2.10 bits per heavy atom. The maximum atomic E-state index is 12.7. The number of aliphatic hydroxyl groups is 1. The van der Waals surface area contributed by atoms with Gasteiger partial charge in [-0.3, -0.25) is 4.79 Å². The highest BCUT2D eigenvalue weighted by Gasteiger charge is 2.30. The van der Waals surface area contributed by atoms with E-state index in [0.29, 0.717) is 0 Å². The van der Waals surface area contributed by atoms with Crippen LogP contribution in [0.4, 0.5) is 13.2 Å². The molecular formula is C18H18F3N3O5S. The van der Waals surface area contributed by atoms with E-state index in [1.165, 1.54) is 35.4 Å². The third kappa shape index (κ3) is 5.60. The topological polar surface area (TPSA) is 108 Å². The molecule has 3 rings (SSSR count). The maximum Gasteiger partial charge on any atom is 0.416 e. The van der Waals surface area contributed by atoms with Crippen LogP contribution in [0.2, 0.25) is 0 Å². The summed E-state index contributed by atoms with van der Waals surface area (Å²) in [5, 5.41) is 12.4. The minimum Gasteiger partial charge on any atom is -0.491 e. The number of amidine groups is 1. The summed E-state index contributed by atoms with van der Waals surface area (Å²) in [7, 11) is -3.50. The third-order valence-corrected chi connectivity index (χ3v) is 5.35. The molecule has 1 atom stereocenters. The fourth-order valence-electron chi connectivity index (χ4n) is 2.66. The van der Waals surface area contributed by atoms with Gasteiger partial charge in [-0.1, -0.05) is 6.07 Å². The lowest BCUT2D eigenvalue weighted by atomic mass is 10.1. The second-order valence-electron chi connectivity index (χ2n) is 6.55. The number of ether oxygens (including phenoxy) is 1. The Morgan fingerprint density at radius 3 is 2.83 bits per heavy atom. The average molecular weight is 445 g/mol. The second-order valence-corrected chi connectivity index (χ2v) is 8.30. The molecule has 0 saturated heterocycles. The molecule has 1 aromatic carbocycles. The van der Waals surface area contributed by atoms with Crippen molar-refractivity contribution in [3.8, 4) is 5.75 Å². The van der Waals surface area contributed by atoms with Crippen molar-refractivity contribution in [3.63, 3.8) is 0 Å². The number of hydrogen-bond acceptors (Lipinski definition) is 6. The summed E-state index contributed by atoms with van der Waals surface area (Å²) in [6, 6.07) is 4.25. The Hall–Kier alpha value is -2.86. The number of nitrogens with zero attached hydrogens (tertiary/aromatic N) is 2. The predicted octanol–water partition coefficient (Wildman–Crippen LogP) is 1.06. The van der Waals surface area contributed by atoms with Crippen LogP contribution in [0.3, 0.4) is 0 Å². The number of halogens is 3. The van der Waals surface area contributed by atoms with Crippen LogP contribution in [0.25, 0.3) is 0 Å². The van der Waals surface area contributed by atoms with Gasteiger partial charge in [0.05, 0.1) is 16.9 Å². The minimum atomic E-state index is -4.50. The van der Waals surface area contributed by atoms with E-state index in [9.17, 15) is 31.5 Å². The van der Waals surface area contributed by atoms with Crippen molar-refractivity contribution in [2.75, 3.05) is 25.4 Å². The standard InChI is InChI=1S/C18H18F3N3O5S/c19-18(20,21)13-2-1-3-15(8-13)29-11-14(25)9-22-17(26)12-4-5-16-23-30(27,28)7-6-24(16)10-12/h1-5,8,10,14,25H,6-7,9,11H2,(H,22,26). The van der Waals surface area contributed by atoms with Gasteiger partial charge in [-0.2, -0.15) is 13.2 Å². The molecule has 162 valence electrons. The van der Waals surface area contributed by atoms with Crippen molar-refractivity contribution in [2.45, 2.75) is 12.3 Å². The number of fused-ring (bicyclic) bond motifs is 1. The first-order chi connectivity index (χ1) is 14.0. The van der Waals surface area contributed by atoms with Gasteiger partial charge in [0, 0.05) is 19.3 Å². The van der Waals surface area contributed by atoms with Gasteiger partial charge >= 0.3 is 6.18 Å². The van der Waals surface area contributed by atoms with Crippen LogP contribution < -0.4 is 10.1 Å². The van der Waals surface area contributed by atoms with E-state index in [1.54, 1.807) is 0 Å². The molecule has 12 heteroatoms. The Kier molecular flexibility index (Phi) is 6.17. The highest BCUT2D eigenvalue weighted by molar-refractivity contribution is 7.90. The second kappa shape index (κ2) is 8.48. The first-order valence-electron chi connectivity index (χ1n) is 8.79. The average Bonchev–Trinajstić information content (AvgIpc) is 2.69. The molecule has 0 spiro atoms. The van der Waals surface area contributed by atoms with Gasteiger partial charge in [-0.05, 0) is 30.4 Å². The van der Waals surface area contributed by atoms with Gasteiger partial charge in [-0.15, -0.1) is 4.40 Å². The highest BCUT2D eigenvalue weighted by atomic mass is 32.2. The quantitative estimate of drug-likeness (QED) is 0.678. The molecule has 0 bridgehead atoms. The van der Waals surface area contributed by atoms with Crippen LogP contribution in [-0.4, -0.2) is 61.7 Å². The summed E-state index contributed by atoms with van der Waals surface area (Å²) in [5.74, 6) is -0.523. The number of aliphatic hydroxyl groups excluding tert-OH is 1. The van der Waals surface area contributed by atoms with E-state index in [2.05, 4.69) is 9.71 Å². The fourth-order valence-corrected chi connectivity index (χ4v) is 3.63. The van der Waals surface area contributed by atoms with E-state index in [0.717, 1.165) is 12.1 Å². The predicted molar refractivity (Wildman–Crippen MR) is 101 cm³/mol. The van der Waals surface area contributed by atoms with Gasteiger partial charge in [0.25, 0.3) is 15.9 Å². The molecule has 8 nitrogen and oxygen atoms in total. The van der Waals surface area contributed by atoms with Gasteiger partial charge in [0.15, 0.2) is 0 Å². The van der Waals surface area contributed by atoms with Gasteiger partial charge in [0.1, 0.15) is 24.3 Å². The Balaban J connectivity index is 1.50. The lowest BCUT2D eigenvalue weighted by Crippen LogP contribution is -2.39. The molecule has 1 unspecified atom stereocenters. The smallest absolute Gasteiger partial charge is 0.416 e. The SMILES string of the molecule is O=C(NCC(O)COc1cccc(C(F)(F)F)c1)C1=CN2CCS(=O)(=O)N=C2C=C1.